The fourth-order valence-corrected chi connectivity index (χ4v) is 2.92. The number of likely N-dealkylation sites (tertiary alicyclic amines) is 1. The van der Waals surface area contributed by atoms with E-state index >= 15 is 0 Å². The second-order valence-electron chi connectivity index (χ2n) is 5.86. The molecule has 1 amide bonds. The summed E-state index contributed by atoms with van der Waals surface area (Å²) in [6.07, 6.45) is 1.94. The largest absolute Gasteiger partial charge is 0.493 e. The molecule has 0 aliphatic carbocycles. The van der Waals surface area contributed by atoms with E-state index in [1.165, 1.54) is 6.07 Å². The van der Waals surface area contributed by atoms with Gasteiger partial charge >= 0.3 is 0 Å². The molecule has 0 saturated carbocycles. The molecule has 0 bridgehead atoms. The van der Waals surface area contributed by atoms with Crippen molar-refractivity contribution in [3.63, 3.8) is 0 Å². The third-order valence-corrected chi connectivity index (χ3v) is 4.14. The zero-order chi connectivity index (χ0) is 16.1. The van der Waals surface area contributed by atoms with Crippen LogP contribution >= 0.6 is 0 Å². The van der Waals surface area contributed by atoms with E-state index in [4.69, 9.17) is 4.74 Å². The van der Waals surface area contributed by atoms with Crippen LogP contribution in [-0.4, -0.2) is 30.5 Å². The SMILES string of the molecule is O=C(c1ccccc1F)N1CCCC(COc2ccccc2)C1. The van der Waals surface area contributed by atoms with Crippen LogP contribution in [0, 0.1) is 11.7 Å². The number of piperidine rings is 1. The molecule has 23 heavy (non-hydrogen) atoms. The van der Waals surface area contributed by atoms with E-state index in [1.54, 1.807) is 23.1 Å². The Hall–Kier alpha value is -2.36. The van der Waals surface area contributed by atoms with Gasteiger partial charge in [-0.15, -0.1) is 0 Å². The Morgan fingerprint density at radius 3 is 2.65 bits per heavy atom. The Balaban J connectivity index is 1.60. The third kappa shape index (κ3) is 3.89. The third-order valence-electron chi connectivity index (χ3n) is 4.14. The van der Waals surface area contributed by atoms with Gasteiger partial charge in [0.25, 0.3) is 5.91 Å². The number of amides is 1. The van der Waals surface area contributed by atoms with Gasteiger partial charge in [0.15, 0.2) is 0 Å². The van der Waals surface area contributed by atoms with Crippen molar-refractivity contribution in [3.05, 3.63) is 66.0 Å². The van der Waals surface area contributed by atoms with Crippen molar-refractivity contribution in [1.29, 1.82) is 0 Å². The van der Waals surface area contributed by atoms with Crippen LogP contribution in [0.25, 0.3) is 0 Å². The number of nitrogens with zero attached hydrogens (tertiary/aromatic N) is 1. The minimum atomic E-state index is -0.458. The fraction of sp³-hybridized carbons (Fsp3) is 0.316. The molecule has 1 fully saturated rings. The summed E-state index contributed by atoms with van der Waals surface area (Å²) >= 11 is 0. The smallest absolute Gasteiger partial charge is 0.256 e. The lowest BCUT2D eigenvalue weighted by Gasteiger charge is -2.32. The predicted octanol–water partition coefficient (Wildman–Crippen LogP) is 3.76. The van der Waals surface area contributed by atoms with E-state index in [0.717, 1.165) is 18.6 Å². The minimum Gasteiger partial charge on any atom is -0.493 e. The normalized spacial score (nSPS) is 17.8. The first-order valence-electron chi connectivity index (χ1n) is 7.95. The van der Waals surface area contributed by atoms with Gasteiger partial charge in [0, 0.05) is 19.0 Å². The van der Waals surface area contributed by atoms with Crippen LogP contribution in [0.5, 0.6) is 5.75 Å². The van der Waals surface area contributed by atoms with Crippen molar-refractivity contribution in [1.82, 2.24) is 4.90 Å². The van der Waals surface area contributed by atoms with Gasteiger partial charge in [0.05, 0.1) is 12.2 Å². The van der Waals surface area contributed by atoms with Crippen molar-refractivity contribution in [2.45, 2.75) is 12.8 Å². The Morgan fingerprint density at radius 1 is 1.13 bits per heavy atom. The van der Waals surface area contributed by atoms with Crippen LogP contribution in [-0.2, 0) is 0 Å². The number of benzene rings is 2. The Morgan fingerprint density at radius 2 is 1.87 bits per heavy atom. The molecule has 3 rings (SSSR count). The summed E-state index contributed by atoms with van der Waals surface area (Å²) in [6, 6.07) is 15.8. The molecule has 0 aromatic heterocycles. The van der Waals surface area contributed by atoms with E-state index in [1.807, 2.05) is 30.3 Å². The van der Waals surface area contributed by atoms with Crippen LogP contribution in [0.2, 0.25) is 0 Å². The van der Waals surface area contributed by atoms with E-state index < -0.39 is 5.82 Å². The highest BCUT2D eigenvalue weighted by Gasteiger charge is 2.26. The lowest BCUT2D eigenvalue weighted by atomic mass is 9.98. The molecule has 1 atom stereocenters. The van der Waals surface area contributed by atoms with Crippen LogP contribution < -0.4 is 4.74 Å². The van der Waals surface area contributed by atoms with Gasteiger partial charge in [0.2, 0.25) is 0 Å². The number of rotatable bonds is 4. The summed E-state index contributed by atoms with van der Waals surface area (Å²) in [5, 5.41) is 0. The molecule has 1 aliphatic rings. The van der Waals surface area contributed by atoms with Crippen LogP contribution in [0.3, 0.4) is 0 Å². The molecule has 1 heterocycles. The predicted molar refractivity (Wildman–Crippen MR) is 87.0 cm³/mol. The van der Waals surface area contributed by atoms with E-state index in [9.17, 15) is 9.18 Å². The molecular weight excluding hydrogens is 293 g/mol. The van der Waals surface area contributed by atoms with Crippen molar-refractivity contribution in [2.75, 3.05) is 19.7 Å². The molecule has 120 valence electrons. The number of carbonyl (C=O) groups excluding carboxylic acids is 1. The van der Waals surface area contributed by atoms with Gasteiger partial charge in [-0.25, -0.2) is 4.39 Å². The molecule has 2 aromatic rings. The zero-order valence-electron chi connectivity index (χ0n) is 13.0. The van der Waals surface area contributed by atoms with Gasteiger partial charge in [0.1, 0.15) is 11.6 Å². The van der Waals surface area contributed by atoms with Crippen molar-refractivity contribution < 1.29 is 13.9 Å². The summed E-state index contributed by atoms with van der Waals surface area (Å²) in [5.41, 5.74) is 0.150. The molecule has 4 heteroatoms. The second kappa shape index (κ2) is 7.27. The number of hydrogen-bond donors (Lipinski definition) is 0. The summed E-state index contributed by atoms with van der Waals surface area (Å²) in [7, 11) is 0. The van der Waals surface area contributed by atoms with Crippen LogP contribution in [0.4, 0.5) is 4.39 Å². The van der Waals surface area contributed by atoms with Crippen molar-refractivity contribution in [2.24, 2.45) is 5.92 Å². The fourth-order valence-electron chi connectivity index (χ4n) is 2.92. The molecule has 2 aromatic carbocycles. The van der Waals surface area contributed by atoms with Gasteiger partial charge in [-0.05, 0) is 37.1 Å². The summed E-state index contributed by atoms with van der Waals surface area (Å²) in [6.45, 7) is 1.86. The molecule has 1 unspecified atom stereocenters. The van der Waals surface area contributed by atoms with Gasteiger partial charge in [-0.1, -0.05) is 30.3 Å². The topological polar surface area (TPSA) is 29.5 Å². The van der Waals surface area contributed by atoms with Crippen molar-refractivity contribution in [3.8, 4) is 5.75 Å². The highest BCUT2D eigenvalue weighted by atomic mass is 19.1. The summed E-state index contributed by atoms with van der Waals surface area (Å²) < 4.78 is 19.6. The first kappa shape index (κ1) is 15.5. The number of ether oxygens (including phenoxy) is 1. The summed E-state index contributed by atoms with van der Waals surface area (Å²) in [4.78, 5) is 14.2. The molecular formula is C19H20FNO2. The standard InChI is InChI=1S/C19H20FNO2/c20-18-11-5-4-10-17(18)19(22)21-12-6-7-15(13-21)14-23-16-8-2-1-3-9-16/h1-5,8-11,15H,6-7,12-14H2. The van der Waals surface area contributed by atoms with E-state index in [-0.39, 0.29) is 17.4 Å². The molecule has 0 spiro atoms. The Kier molecular flexibility index (Phi) is 4.91. The van der Waals surface area contributed by atoms with Gasteiger partial charge in [-0.2, -0.15) is 0 Å². The monoisotopic (exact) mass is 313 g/mol. The van der Waals surface area contributed by atoms with Crippen LogP contribution in [0.15, 0.2) is 54.6 Å². The highest BCUT2D eigenvalue weighted by molar-refractivity contribution is 5.94. The zero-order valence-corrected chi connectivity index (χ0v) is 13.0. The molecule has 1 saturated heterocycles. The number of para-hydroxylation sites is 1. The molecule has 3 nitrogen and oxygen atoms in total. The molecule has 0 N–H and O–H groups in total. The molecule has 1 aliphatic heterocycles. The Bertz CT molecular complexity index is 659. The van der Waals surface area contributed by atoms with Gasteiger partial charge in [-0.3, -0.25) is 4.79 Å². The maximum atomic E-state index is 13.8. The average Bonchev–Trinajstić information content (AvgIpc) is 2.61. The second-order valence-corrected chi connectivity index (χ2v) is 5.86. The highest BCUT2D eigenvalue weighted by Crippen LogP contribution is 2.21. The average molecular weight is 313 g/mol. The number of carbonyl (C=O) groups is 1. The summed E-state index contributed by atoms with van der Waals surface area (Å²) in [5.74, 6) is 0.428. The van der Waals surface area contributed by atoms with Crippen LogP contribution in [0.1, 0.15) is 23.2 Å². The quantitative estimate of drug-likeness (QED) is 0.860. The first-order chi connectivity index (χ1) is 11.2. The minimum absolute atomic E-state index is 0.150. The molecule has 0 radical (unpaired) electrons. The first-order valence-corrected chi connectivity index (χ1v) is 7.95. The van der Waals surface area contributed by atoms with E-state index in [2.05, 4.69) is 0 Å². The number of hydrogen-bond acceptors (Lipinski definition) is 2. The van der Waals surface area contributed by atoms with Crippen molar-refractivity contribution >= 4 is 5.91 Å². The lowest BCUT2D eigenvalue weighted by molar-refractivity contribution is 0.0629. The maximum absolute atomic E-state index is 13.8. The lowest BCUT2D eigenvalue weighted by Crippen LogP contribution is -2.41. The number of halogens is 1. The maximum Gasteiger partial charge on any atom is 0.256 e. The van der Waals surface area contributed by atoms with E-state index in [0.29, 0.717) is 19.7 Å². The Labute approximate surface area is 135 Å². The van der Waals surface area contributed by atoms with Gasteiger partial charge < -0.3 is 9.64 Å².